The minimum atomic E-state index is -0.328. The Bertz CT molecular complexity index is 683. The van der Waals surface area contributed by atoms with E-state index in [-0.39, 0.29) is 5.91 Å². The summed E-state index contributed by atoms with van der Waals surface area (Å²) < 4.78 is 10.8. The van der Waals surface area contributed by atoms with Crippen molar-refractivity contribution in [1.29, 1.82) is 0 Å². The summed E-state index contributed by atoms with van der Waals surface area (Å²) in [5, 5.41) is 4.00. The third-order valence-corrected chi connectivity index (χ3v) is 3.10. The second kappa shape index (κ2) is 8.58. The Kier molecular flexibility index (Phi) is 6.17. The Labute approximate surface area is 135 Å². The number of nitrogens with one attached hydrogen (secondary N) is 1. The van der Waals surface area contributed by atoms with Crippen molar-refractivity contribution < 1.29 is 14.3 Å². The average molecular weight is 312 g/mol. The summed E-state index contributed by atoms with van der Waals surface area (Å²) in [5.41, 5.74) is 3.74. The number of methoxy groups -OCH3 is 1. The first-order valence-electron chi connectivity index (χ1n) is 7.44. The number of benzene rings is 2. The maximum absolute atomic E-state index is 12.1. The first-order valence-corrected chi connectivity index (χ1v) is 7.44. The van der Waals surface area contributed by atoms with Gasteiger partial charge < -0.3 is 9.47 Å². The van der Waals surface area contributed by atoms with Crippen molar-refractivity contribution in [2.24, 2.45) is 5.10 Å². The lowest BCUT2D eigenvalue weighted by Gasteiger charge is -2.08. The maximum atomic E-state index is 12.1. The second-order valence-electron chi connectivity index (χ2n) is 4.79. The molecule has 5 nitrogen and oxygen atoms in total. The first kappa shape index (κ1) is 16.5. The van der Waals surface area contributed by atoms with E-state index in [0.717, 1.165) is 17.7 Å². The quantitative estimate of drug-likeness (QED) is 0.630. The van der Waals surface area contributed by atoms with Crippen molar-refractivity contribution in [3.63, 3.8) is 0 Å². The minimum absolute atomic E-state index is 0.328. The van der Waals surface area contributed by atoms with E-state index < -0.39 is 0 Å². The number of ether oxygens (including phenoxy) is 2. The Morgan fingerprint density at radius 2 is 1.83 bits per heavy atom. The minimum Gasteiger partial charge on any atom is -0.496 e. The summed E-state index contributed by atoms with van der Waals surface area (Å²) in [7, 11) is 1.52. The molecule has 23 heavy (non-hydrogen) atoms. The second-order valence-corrected chi connectivity index (χ2v) is 4.79. The van der Waals surface area contributed by atoms with Crippen molar-refractivity contribution >= 4 is 12.1 Å². The molecule has 5 heteroatoms. The van der Waals surface area contributed by atoms with Gasteiger partial charge in [-0.1, -0.05) is 31.2 Å². The predicted molar refractivity (Wildman–Crippen MR) is 90.3 cm³/mol. The molecule has 2 aromatic rings. The summed E-state index contributed by atoms with van der Waals surface area (Å²) in [6.45, 7) is 2.68. The fourth-order valence-electron chi connectivity index (χ4n) is 1.98. The summed E-state index contributed by atoms with van der Waals surface area (Å²) in [5.74, 6) is 0.919. The van der Waals surface area contributed by atoms with Gasteiger partial charge in [-0.05, 0) is 30.7 Å². The zero-order valence-electron chi connectivity index (χ0n) is 13.3. The number of hydrazone groups is 1. The number of hydrogen-bond donors (Lipinski definition) is 1. The summed E-state index contributed by atoms with van der Waals surface area (Å²) >= 11 is 0. The van der Waals surface area contributed by atoms with Crippen molar-refractivity contribution in [1.82, 2.24) is 5.43 Å². The van der Waals surface area contributed by atoms with Gasteiger partial charge in [0.2, 0.25) is 0 Å². The number of carbonyl (C=O) groups is 1. The van der Waals surface area contributed by atoms with Crippen LogP contribution in [0.4, 0.5) is 0 Å². The molecular formula is C18H20N2O3. The molecule has 0 saturated heterocycles. The summed E-state index contributed by atoms with van der Waals surface area (Å²) in [6, 6.07) is 14.5. The fraction of sp³-hybridized carbons (Fsp3) is 0.222. The lowest BCUT2D eigenvalue weighted by atomic mass is 10.2. The van der Waals surface area contributed by atoms with E-state index in [1.807, 2.05) is 31.2 Å². The Hall–Kier alpha value is -2.82. The number of amides is 1. The molecule has 2 rings (SSSR count). The lowest BCUT2D eigenvalue weighted by molar-refractivity contribution is 0.0952. The highest BCUT2D eigenvalue weighted by molar-refractivity contribution is 5.97. The van der Waals surface area contributed by atoms with Gasteiger partial charge >= 0.3 is 0 Å². The van der Waals surface area contributed by atoms with Crippen LogP contribution in [0.1, 0.15) is 29.3 Å². The van der Waals surface area contributed by atoms with Gasteiger partial charge in [-0.3, -0.25) is 4.79 Å². The van der Waals surface area contributed by atoms with Gasteiger partial charge in [0.1, 0.15) is 11.5 Å². The van der Waals surface area contributed by atoms with Crippen LogP contribution < -0.4 is 14.9 Å². The molecule has 0 bridgehead atoms. The van der Waals surface area contributed by atoms with Crippen LogP contribution in [0, 0.1) is 0 Å². The third-order valence-electron chi connectivity index (χ3n) is 3.10. The van der Waals surface area contributed by atoms with E-state index in [4.69, 9.17) is 9.47 Å². The highest BCUT2D eigenvalue weighted by atomic mass is 16.5. The normalized spacial score (nSPS) is 10.5. The molecule has 0 aliphatic heterocycles. The van der Waals surface area contributed by atoms with Crippen molar-refractivity contribution in [2.75, 3.05) is 13.7 Å². The van der Waals surface area contributed by atoms with E-state index >= 15 is 0 Å². The SMILES string of the molecule is CCCOc1ccccc1C=NNC(=O)c1ccccc1OC. The molecule has 2 aromatic carbocycles. The van der Waals surface area contributed by atoms with Gasteiger partial charge in [-0.2, -0.15) is 5.10 Å². The molecule has 0 aliphatic carbocycles. The van der Waals surface area contributed by atoms with Gasteiger partial charge in [0.15, 0.2) is 0 Å². The number of carbonyl (C=O) groups excluding carboxylic acids is 1. The topological polar surface area (TPSA) is 59.9 Å². The summed E-state index contributed by atoms with van der Waals surface area (Å²) in [6.07, 6.45) is 2.49. The zero-order valence-corrected chi connectivity index (χ0v) is 13.3. The average Bonchev–Trinajstić information content (AvgIpc) is 2.60. The van der Waals surface area contributed by atoms with Crippen LogP contribution in [-0.2, 0) is 0 Å². The maximum Gasteiger partial charge on any atom is 0.275 e. The molecule has 0 radical (unpaired) electrons. The zero-order chi connectivity index (χ0) is 16.5. The first-order chi connectivity index (χ1) is 11.3. The highest BCUT2D eigenvalue weighted by Gasteiger charge is 2.10. The highest BCUT2D eigenvalue weighted by Crippen LogP contribution is 2.17. The molecule has 0 saturated carbocycles. The predicted octanol–water partition coefficient (Wildman–Crippen LogP) is 3.25. The Morgan fingerprint density at radius 3 is 2.57 bits per heavy atom. The Morgan fingerprint density at radius 1 is 1.13 bits per heavy atom. The van der Waals surface area contributed by atoms with Gasteiger partial charge in [-0.25, -0.2) is 5.43 Å². The van der Waals surface area contributed by atoms with Crippen LogP contribution in [0.15, 0.2) is 53.6 Å². The van der Waals surface area contributed by atoms with E-state index in [1.54, 1.807) is 30.5 Å². The molecule has 0 fully saturated rings. The van der Waals surface area contributed by atoms with E-state index in [1.165, 1.54) is 7.11 Å². The van der Waals surface area contributed by atoms with E-state index in [2.05, 4.69) is 10.5 Å². The molecule has 1 amide bonds. The Balaban J connectivity index is 2.05. The molecule has 0 aromatic heterocycles. The lowest BCUT2D eigenvalue weighted by Crippen LogP contribution is -2.18. The monoisotopic (exact) mass is 312 g/mol. The molecule has 120 valence electrons. The van der Waals surface area contributed by atoms with Gasteiger partial charge in [0, 0.05) is 5.56 Å². The number of nitrogens with zero attached hydrogens (tertiary/aromatic N) is 1. The largest absolute Gasteiger partial charge is 0.496 e. The molecule has 1 N–H and O–H groups in total. The van der Waals surface area contributed by atoms with E-state index in [0.29, 0.717) is 17.9 Å². The van der Waals surface area contributed by atoms with Crippen LogP contribution in [0.2, 0.25) is 0 Å². The summed E-state index contributed by atoms with van der Waals surface area (Å²) in [4.78, 5) is 12.1. The van der Waals surface area contributed by atoms with Crippen LogP contribution in [0.25, 0.3) is 0 Å². The number of hydrogen-bond acceptors (Lipinski definition) is 4. The van der Waals surface area contributed by atoms with Crippen LogP contribution in [0.5, 0.6) is 11.5 Å². The molecule has 0 atom stereocenters. The van der Waals surface area contributed by atoms with Crippen molar-refractivity contribution in [2.45, 2.75) is 13.3 Å². The van der Waals surface area contributed by atoms with Crippen LogP contribution in [-0.4, -0.2) is 25.8 Å². The molecule has 0 unspecified atom stereocenters. The fourth-order valence-corrected chi connectivity index (χ4v) is 1.98. The standard InChI is InChI=1S/C18H20N2O3/c1-3-12-23-16-10-6-4-8-14(16)13-19-20-18(21)15-9-5-7-11-17(15)22-2/h4-11,13H,3,12H2,1-2H3,(H,20,21). The van der Waals surface area contributed by atoms with Gasteiger partial charge in [-0.15, -0.1) is 0 Å². The van der Waals surface area contributed by atoms with Gasteiger partial charge in [0.25, 0.3) is 5.91 Å². The van der Waals surface area contributed by atoms with Crippen molar-refractivity contribution in [3.05, 3.63) is 59.7 Å². The molecule has 0 spiro atoms. The smallest absolute Gasteiger partial charge is 0.275 e. The molecular weight excluding hydrogens is 292 g/mol. The number of rotatable bonds is 7. The molecule has 0 heterocycles. The van der Waals surface area contributed by atoms with E-state index in [9.17, 15) is 4.79 Å². The molecule has 0 aliphatic rings. The van der Waals surface area contributed by atoms with Gasteiger partial charge in [0.05, 0.1) is 25.5 Å². The number of para-hydroxylation sites is 2. The van der Waals surface area contributed by atoms with Crippen LogP contribution in [0.3, 0.4) is 0 Å². The van der Waals surface area contributed by atoms with Crippen LogP contribution >= 0.6 is 0 Å². The third kappa shape index (κ3) is 4.57. The van der Waals surface area contributed by atoms with Crippen molar-refractivity contribution in [3.8, 4) is 11.5 Å².